The third-order valence-corrected chi connectivity index (χ3v) is 1.96. The molecule has 0 bridgehead atoms. The molecule has 0 heterocycles. The van der Waals surface area contributed by atoms with E-state index in [1.165, 1.54) is 7.11 Å². The van der Waals surface area contributed by atoms with Crippen molar-refractivity contribution in [3.05, 3.63) is 0 Å². The average Bonchev–Trinajstić information content (AvgIpc) is 2.02. The SMILES string of the molecule is COC[C@@H](O)COP(=O)(O)OC. The second kappa shape index (κ2) is 5.64. The van der Waals surface area contributed by atoms with E-state index in [1.54, 1.807) is 0 Å². The zero-order valence-electron chi connectivity index (χ0n) is 6.97. The average molecular weight is 200 g/mol. The standard InChI is InChI=1S/C5H13O6P/c1-9-3-5(6)4-11-12(7,8)10-2/h5-6H,3-4H2,1-2H3,(H,7,8)/t5-/m1/s1. The van der Waals surface area contributed by atoms with E-state index < -0.39 is 13.9 Å². The first-order valence-corrected chi connectivity index (χ1v) is 4.71. The van der Waals surface area contributed by atoms with Gasteiger partial charge in [0, 0.05) is 14.2 Å². The van der Waals surface area contributed by atoms with Gasteiger partial charge >= 0.3 is 7.82 Å². The molecule has 2 atom stereocenters. The minimum atomic E-state index is -3.97. The molecule has 0 aliphatic heterocycles. The highest BCUT2D eigenvalue weighted by Crippen LogP contribution is 2.41. The summed E-state index contributed by atoms with van der Waals surface area (Å²) >= 11 is 0. The molecule has 0 rings (SSSR count). The molecule has 0 saturated carbocycles. The van der Waals surface area contributed by atoms with Crippen LogP contribution in [0.4, 0.5) is 0 Å². The van der Waals surface area contributed by atoms with Gasteiger partial charge in [-0.25, -0.2) is 4.57 Å². The molecule has 0 fully saturated rings. The topological polar surface area (TPSA) is 85.2 Å². The van der Waals surface area contributed by atoms with Crippen molar-refractivity contribution in [3.8, 4) is 0 Å². The van der Waals surface area contributed by atoms with Crippen LogP contribution in [0.25, 0.3) is 0 Å². The molecule has 6 nitrogen and oxygen atoms in total. The number of phosphoric ester groups is 1. The fraction of sp³-hybridized carbons (Fsp3) is 1.00. The monoisotopic (exact) mass is 200 g/mol. The van der Waals surface area contributed by atoms with Gasteiger partial charge in [0.15, 0.2) is 0 Å². The summed E-state index contributed by atoms with van der Waals surface area (Å²) in [6, 6.07) is 0. The van der Waals surface area contributed by atoms with Crippen LogP contribution in [0, 0.1) is 0 Å². The summed E-state index contributed by atoms with van der Waals surface area (Å²) in [5.41, 5.74) is 0. The van der Waals surface area contributed by atoms with Gasteiger partial charge in [-0.2, -0.15) is 0 Å². The van der Waals surface area contributed by atoms with E-state index in [1.807, 2.05) is 0 Å². The first kappa shape index (κ1) is 12.0. The van der Waals surface area contributed by atoms with Crippen molar-refractivity contribution in [2.24, 2.45) is 0 Å². The summed E-state index contributed by atoms with van der Waals surface area (Å²) < 4.78 is 23.7. The molecule has 0 aliphatic carbocycles. The number of hydrogen-bond donors (Lipinski definition) is 2. The number of phosphoric acid groups is 1. The lowest BCUT2D eigenvalue weighted by molar-refractivity contribution is 0.0220. The van der Waals surface area contributed by atoms with E-state index in [0.29, 0.717) is 0 Å². The number of aliphatic hydroxyl groups is 1. The first-order chi connectivity index (χ1) is 5.52. The molecule has 0 spiro atoms. The summed E-state index contributed by atoms with van der Waals surface area (Å²) in [5, 5.41) is 8.97. The fourth-order valence-corrected chi connectivity index (χ4v) is 0.939. The summed E-state index contributed by atoms with van der Waals surface area (Å²) in [7, 11) is -1.52. The predicted octanol–water partition coefficient (Wildman–Crippen LogP) is -0.243. The maximum absolute atomic E-state index is 10.7. The van der Waals surface area contributed by atoms with Crippen LogP contribution in [-0.2, 0) is 18.3 Å². The van der Waals surface area contributed by atoms with Gasteiger partial charge in [-0.15, -0.1) is 0 Å². The maximum Gasteiger partial charge on any atom is 0.472 e. The summed E-state index contributed by atoms with van der Waals surface area (Å²) in [6.07, 6.45) is -0.925. The number of rotatable bonds is 6. The second-order valence-electron chi connectivity index (χ2n) is 2.06. The van der Waals surface area contributed by atoms with Crippen molar-refractivity contribution >= 4 is 7.82 Å². The largest absolute Gasteiger partial charge is 0.472 e. The fourth-order valence-electron chi connectivity index (χ4n) is 0.473. The van der Waals surface area contributed by atoms with Gasteiger partial charge in [0.25, 0.3) is 0 Å². The van der Waals surface area contributed by atoms with Crippen LogP contribution < -0.4 is 0 Å². The molecule has 0 aromatic carbocycles. The molecule has 0 radical (unpaired) electrons. The van der Waals surface area contributed by atoms with Crippen LogP contribution in [0.3, 0.4) is 0 Å². The van der Waals surface area contributed by atoms with Crippen molar-refractivity contribution in [1.82, 2.24) is 0 Å². The Morgan fingerprint density at radius 3 is 2.42 bits per heavy atom. The van der Waals surface area contributed by atoms with Crippen molar-refractivity contribution in [2.45, 2.75) is 6.10 Å². The van der Waals surface area contributed by atoms with Crippen LogP contribution in [-0.4, -0.2) is 43.5 Å². The maximum atomic E-state index is 10.7. The van der Waals surface area contributed by atoms with Crippen LogP contribution in [0.1, 0.15) is 0 Å². The number of hydrogen-bond acceptors (Lipinski definition) is 5. The van der Waals surface area contributed by atoms with E-state index in [4.69, 9.17) is 10.00 Å². The smallest absolute Gasteiger partial charge is 0.388 e. The lowest BCUT2D eigenvalue weighted by Crippen LogP contribution is -2.20. The van der Waals surface area contributed by atoms with Gasteiger partial charge in [0.05, 0.1) is 13.2 Å². The molecule has 2 N–H and O–H groups in total. The highest BCUT2D eigenvalue weighted by Gasteiger charge is 2.20. The second-order valence-corrected chi connectivity index (χ2v) is 3.62. The lowest BCUT2D eigenvalue weighted by atomic mass is 10.4. The van der Waals surface area contributed by atoms with Gasteiger partial charge in [-0.1, -0.05) is 0 Å². The van der Waals surface area contributed by atoms with Gasteiger partial charge in [-0.05, 0) is 0 Å². The van der Waals surface area contributed by atoms with E-state index in [2.05, 4.69) is 13.8 Å². The molecule has 0 saturated heterocycles. The third kappa shape index (κ3) is 5.65. The summed E-state index contributed by atoms with van der Waals surface area (Å²) in [4.78, 5) is 8.70. The zero-order valence-corrected chi connectivity index (χ0v) is 7.86. The molecule has 1 unspecified atom stereocenters. The third-order valence-electron chi connectivity index (χ3n) is 1.02. The molecular formula is C5H13O6P. The Morgan fingerprint density at radius 1 is 1.42 bits per heavy atom. The highest BCUT2D eigenvalue weighted by atomic mass is 31.2. The van der Waals surface area contributed by atoms with Gasteiger partial charge in [0.1, 0.15) is 6.10 Å². The van der Waals surface area contributed by atoms with Gasteiger partial charge in [-0.3, -0.25) is 9.05 Å². The minimum absolute atomic E-state index is 0.0454. The summed E-state index contributed by atoms with van der Waals surface area (Å²) in [6.45, 7) is -0.251. The van der Waals surface area contributed by atoms with E-state index in [-0.39, 0.29) is 13.2 Å². The van der Waals surface area contributed by atoms with Crippen molar-refractivity contribution < 1.29 is 28.3 Å². The Balaban J connectivity index is 3.60. The molecule has 0 amide bonds. The van der Waals surface area contributed by atoms with Crippen molar-refractivity contribution in [2.75, 3.05) is 27.4 Å². The van der Waals surface area contributed by atoms with Crippen LogP contribution in [0.15, 0.2) is 0 Å². The number of ether oxygens (including phenoxy) is 1. The predicted molar refractivity (Wildman–Crippen MR) is 40.7 cm³/mol. The first-order valence-electron chi connectivity index (χ1n) is 3.22. The Morgan fingerprint density at radius 2 is 2.00 bits per heavy atom. The van der Waals surface area contributed by atoms with Gasteiger partial charge in [0.2, 0.25) is 0 Å². The molecule has 0 aromatic heterocycles. The molecule has 74 valence electrons. The van der Waals surface area contributed by atoms with Gasteiger partial charge < -0.3 is 14.7 Å². The molecule has 0 aromatic rings. The van der Waals surface area contributed by atoms with Crippen molar-refractivity contribution in [1.29, 1.82) is 0 Å². The molecule has 12 heavy (non-hydrogen) atoms. The number of aliphatic hydroxyl groups excluding tert-OH is 1. The van der Waals surface area contributed by atoms with Crippen LogP contribution >= 0.6 is 7.82 Å². The highest BCUT2D eigenvalue weighted by molar-refractivity contribution is 7.47. The molecule has 0 aliphatic rings. The minimum Gasteiger partial charge on any atom is -0.388 e. The number of methoxy groups -OCH3 is 1. The lowest BCUT2D eigenvalue weighted by Gasteiger charge is -2.12. The quantitative estimate of drug-likeness (QED) is 0.575. The summed E-state index contributed by atoms with van der Waals surface area (Å²) in [5.74, 6) is 0. The Labute approximate surface area is 70.7 Å². The van der Waals surface area contributed by atoms with E-state index in [0.717, 1.165) is 7.11 Å². The Bertz CT molecular complexity index is 160. The Hall–Kier alpha value is 0.0300. The van der Waals surface area contributed by atoms with E-state index in [9.17, 15) is 4.57 Å². The van der Waals surface area contributed by atoms with Crippen LogP contribution in [0.2, 0.25) is 0 Å². The zero-order chi connectivity index (χ0) is 9.61. The van der Waals surface area contributed by atoms with E-state index >= 15 is 0 Å². The molecular weight excluding hydrogens is 187 g/mol. The Kier molecular flexibility index (Phi) is 5.65. The van der Waals surface area contributed by atoms with Crippen molar-refractivity contribution in [3.63, 3.8) is 0 Å². The normalized spacial score (nSPS) is 18.7. The molecule has 7 heteroatoms. The van der Waals surface area contributed by atoms with Crippen LogP contribution in [0.5, 0.6) is 0 Å².